The van der Waals surface area contributed by atoms with E-state index in [1.807, 2.05) is 13.1 Å². The van der Waals surface area contributed by atoms with Crippen LogP contribution in [-0.4, -0.2) is 35.3 Å². The Morgan fingerprint density at radius 1 is 1.45 bits per heavy atom. The fraction of sp³-hybridized carbons (Fsp3) is 0.688. The molecule has 2 atom stereocenters. The van der Waals surface area contributed by atoms with Gasteiger partial charge in [-0.1, -0.05) is 13.8 Å². The summed E-state index contributed by atoms with van der Waals surface area (Å²) in [6.45, 7) is 8.88. The molecule has 1 aromatic heterocycles. The van der Waals surface area contributed by atoms with Crippen LogP contribution in [0, 0.1) is 0 Å². The number of β-amino-alcohol motifs (C(OH)–C–C–N with tert-alkyl or cyclic N) is 1. The Bertz CT molecular complexity index is 416. The number of hydrogen-bond acceptors (Lipinski definition) is 4. The zero-order valence-corrected chi connectivity index (χ0v) is 12.9. The Morgan fingerprint density at radius 3 is 2.75 bits per heavy atom. The highest BCUT2D eigenvalue weighted by atomic mass is 16.3. The quantitative estimate of drug-likeness (QED) is 0.839. The Morgan fingerprint density at radius 2 is 2.25 bits per heavy atom. The van der Waals surface area contributed by atoms with Gasteiger partial charge in [-0.25, -0.2) is 0 Å². The van der Waals surface area contributed by atoms with Gasteiger partial charge in [-0.2, -0.15) is 0 Å². The van der Waals surface area contributed by atoms with Gasteiger partial charge in [-0.05, 0) is 44.9 Å². The summed E-state index contributed by atoms with van der Waals surface area (Å²) in [5, 5.41) is 13.6. The van der Waals surface area contributed by atoms with Crippen LogP contribution in [0.15, 0.2) is 18.3 Å². The summed E-state index contributed by atoms with van der Waals surface area (Å²) in [5.41, 5.74) is 1.65. The van der Waals surface area contributed by atoms with Gasteiger partial charge in [0, 0.05) is 19.1 Å². The molecule has 0 bridgehead atoms. The van der Waals surface area contributed by atoms with E-state index in [1.165, 1.54) is 0 Å². The van der Waals surface area contributed by atoms with Crippen molar-refractivity contribution in [1.82, 2.24) is 10.3 Å². The molecule has 2 unspecified atom stereocenters. The van der Waals surface area contributed by atoms with Gasteiger partial charge in [0.1, 0.15) is 0 Å². The number of hydrogen-bond donors (Lipinski definition) is 2. The number of pyridine rings is 1. The van der Waals surface area contributed by atoms with E-state index in [-0.39, 0.29) is 0 Å². The smallest absolute Gasteiger partial charge is 0.0810 e. The van der Waals surface area contributed by atoms with E-state index < -0.39 is 5.60 Å². The predicted octanol–water partition coefficient (Wildman–Crippen LogP) is 2.49. The van der Waals surface area contributed by atoms with Crippen molar-refractivity contribution in [2.45, 2.75) is 51.7 Å². The second-order valence-electron chi connectivity index (χ2n) is 6.02. The van der Waals surface area contributed by atoms with Gasteiger partial charge in [-0.15, -0.1) is 0 Å². The molecule has 2 heterocycles. The van der Waals surface area contributed by atoms with E-state index in [0.717, 1.165) is 43.7 Å². The minimum Gasteiger partial charge on any atom is -0.388 e. The van der Waals surface area contributed by atoms with Crippen LogP contribution in [0.4, 0.5) is 5.69 Å². The monoisotopic (exact) mass is 277 g/mol. The number of anilines is 1. The molecule has 2 rings (SSSR count). The van der Waals surface area contributed by atoms with Crippen LogP contribution in [0.25, 0.3) is 0 Å². The fourth-order valence-corrected chi connectivity index (χ4v) is 2.73. The zero-order valence-electron chi connectivity index (χ0n) is 12.9. The van der Waals surface area contributed by atoms with E-state index in [2.05, 4.69) is 41.2 Å². The van der Waals surface area contributed by atoms with Gasteiger partial charge >= 0.3 is 0 Å². The molecule has 1 aliphatic rings. The minimum absolute atomic E-state index is 0.339. The number of aliphatic hydroxyl groups is 1. The predicted molar refractivity (Wildman–Crippen MR) is 83.0 cm³/mol. The first-order valence-corrected chi connectivity index (χ1v) is 7.72. The molecule has 4 nitrogen and oxygen atoms in total. The molecule has 0 saturated carbocycles. The van der Waals surface area contributed by atoms with Crippen molar-refractivity contribution in [2.75, 3.05) is 24.5 Å². The maximum Gasteiger partial charge on any atom is 0.0810 e. The highest BCUT2D eigenvalue weighted by Gasteiger charge is 2.31. The van der Waals surface area contributed by atoms with Gasteiger partial charge in [0.05, 0.1) is 23.2 Å². The first kappa shape index (κ1) is 15.3. The summed E-state index contributed by atoms with van der Waals surface area (Å²) < 4.78 is 0. The van der Waals surface area contributed by atoms with Crippen molar-refractivity contribution < 1.29 is 5.11 Å². The van der Waals surface area contributed by atoms with E-state index >= 15 is 0 Å². The molecular weight excluding hydrogens is 250 g/mol. The van der Waals surface area contributed by atoms with Gasteiger partial charge in [0.15, 0.2) is 0 Å². The molecule has 1 fully saturated rings. The van der Waals surface area contributed by atoms with E-state index in [1.54, 1.807) is 0 Å². The lowest BCUT2D eigenvalue weighted by atomic mass is 10.1. The van der Waals surface area contributed by atoms with Crippen LogP contribution in [0.5, 0.6) is 0 Å². The Labute approximate surface area is 122 Å². The largest absolute Gasteiger partial charge is 0.388 e. The number of rotatable bonds is 6. The van der Waals surface area contributed by atoms with Crippen molar-refractivity contribution in [3.8, 4) is 0 Å². The van der Waals surface area contributed by atoms with Crippen LogP contribution < -0.4 is 10.2 Å². The lowest BCUT2D eigenvalue weighted by Gasteiger charge is -2.22. The van der Waals surface area contributed by atoms with E-state index in [4.69, 9.17) is 0 Å². The molecular formula is C16H27N3O. The third kappa shape index (κ3) is 3.70. The Kier molecular flexibility index (Phi) is 5.00. The van der Waals surface area contributed by atoms with Crippen LogP contribution in [-0.2, 0) is 0 Å². The summed E-state index contributed by atoms with van der Waals surface area (Å²) in [7, 11) is 0. The minimum atomic E-state index is -0.562. The zero-order chi connectivity index (χ0) is 14.6. The van der Waals surface area contributed by atoms with Crippen molar-refractivity contribution in [2.24, 2.45) is 0 Å². The maximum atomic E-state index is 10.0. The van der Waals surface area contributed by atoms with E-state index in [0.29, 0.717) is 12.6 Å². The summed E-state index contributed by atoms with van der Waals surface area (Å²) >= 11 is 0. The molecule has 2 N–H and O–H groups in total. The molecule has 1 saturated heterocycles. The number of nitrogens with one attached hydrogen (secondary N) is 1. The molecule has 0 aliphatic carbocycles. The van der Waals surface area contributed by atoms with Crippen molar-refractivity contribution in [3.63, 3.8) is 0 Å². The summed E-state index contributed by atoms with van der Waals surface area (Å²) in [6.07, 6.45) is 4.94. The summed E-state index contributed by atoms with van der Waals surface area (Å²) in [5.74, 6) is 0. The second-order valence-corrected chi connectivity index (χ2v) is 6.02. The summed E-state index contributed by atoms with van der Waals surface area (Å²) in [4.78, 5) is 6.81. The van der Waals surface area contributed by atoms with Crippen LogP contribution in [0.3, 0.4) is 0 Å². The molecule has 0 aromatic carbocycles. The van der Waals surface area contributed by atoms with Gasteiger partial charge in [-0.3, -0.25) is 4.98 Å². The Balaban J connectivity index is 2.02. The molecule has 20 heavy (non-hydrogen) atoms. The fourth-order valence-electron chi connectivity index (χ4n) is 2.73. The SMILES string of the molecule is CCCNC(CC)c1ccc(N2CCC(C)(O)C2)cn1. The molecule has 0 amide bonds. The van der Waals surface area contributed by atoms with Crippen LogP contribution in [0.1, 0.15) is 51.8 Å². The summed E-state index contributed by atoms with van der Waals surface area (Å²) in [6, 6.07) is 4.57. The van der Waals surface area contributed by atoms with E-state index in [9.17, 15) is 5.11 Å². The topological polar surface area (TPSA) is 48.4 Å². The first-order chi connectivity index (χ1) is 9.55. The Hall–Kier alpha value is -1.13. The first-order valence-electron chi connectivity index (χ1n) is 7.72. The molecule has 0 radical (unpaired) electrons. The van der Waals surface area contributed by atoms with Gasteiger partial charge in [0.25, 0.3) is 0 Å². The molecule has 4 heteroatoms. The highest BCUT2D eigenvalue weighted by Crippen LogP contribution is 2.26. The lowest BCUT2D eigenvalue weighted by molar-refractivity contribution is 0.0839. The van der Waals surface area contributed by atoms with Gasteiger partial charge in [0.2, 0.25) is 0 Å². The molecule has 1 aliphatic heterocycles. The van der Waals surface area contributed by atoms with Crippen molar-refractivity contribution in [3.05, 3.63) is 24.0 Å². The average molecular weight is 277 g/mol. The average Bonchev–Trinajstić information content (AvgIpc) is 2.81. The van der Waals surface area contributed by atoms with Gasteiger partial charge < -0.3 is 15.3 Å². The third-order valence-corrected chi connectivity index (χ3v) is 3.99. The molecule has 0 spiro atoms. The number of nitrogens with zero attached hydrogens (tertiary/aromatic N) is 2. The molecule has 112 valence electrons. The number of aromatic nitrogens is 1. The third-order valence-electron chi connectivity index (χ3n) is 3.99. The van der Waals surface area contributed by atoms with Crippen LogP contribution >= 0.6 is 0 Å². The highest BCUT2D eigenvalue weighted by molar-refractivity contribution is 5.46. The second kappa shape index (κ2) is 6.55. The van der Waals surface area contributed by atoms with Crippen molar-refractivity contribution >= 4 is 5.69 Å². The molecule has 1 aromatic rings. The standard InChI is InChI=1S/C16H27N3O/c1-4-9-17-14(5-2)15-7-6-13(11-18-15)19-10-8-16(3,20)12-19/h6-7,11,14,17,20H,4-5,8-10,12H2,1-3H3. The van der Waals surface area contributed by atoms with Crippen LogP contribution in [0.2, 0.25) is 0 Å². The normalized spacial score (nSPS) is 24.1. The lowest BCUT2D eigenvalue weighted by Crippen LogP contribution is -2.29. The van der Waals surface area contributed by atoms with Crippen molar-refractivity contribution in [1.29, 1.82) is 0 Å². The maximum absolute atomic E-state index is 10.0.